The fraction of sp³-hybridized carbons (Fsp3) is 0.500. The van der Waals surface area contributed by atoms with E-state index in [0.717, 1.165) is 63.4 Å². The van der Waals surface area contributed by atoms with Crippen molar-refractivity contribution in [3.05, 3.63) is 106 Å². The van der Waals surface area contributed by atoms with Crippen molar-refractivity contribution in [2.45, 2.75) is 91.4 Å². The Morgan fingerprint density at radius 1 is 1.06 bits per heavy atom. The number of rotatable bonds is 17. The van der Waals surface area contributed by atoms with E-state index in [2.05, 4.69) is 67.4 Å². The van der Waals surface area contributed by atoms with Gasteiger partial charge in [0.15, 0.2) is 0 Å². The van der Waals surface area contributed by atoms with Crippen molar-refractivity contribution in [1.82, 2.24) is 14.9 Å². The molecule has 48 heavy (non-hydrogen) atoms. The van der Waals surface area contributed by atoms with Gasteiger partial charge in [0.2, 0.25) is 15.9 Å². The summed E-state index contributed by atoms with van der Waals surface area (Å²) in [6, 6.07) is 13.8. The molecule has 0 saturated heterocycles. The number of aryl methyl sites for hydroxylation is 2. The number of benzene rings is 2. The van der Waals surface area contributed by atoms with E-state index in [4.69, 9.17) is 0 Å². The van der Waals surface area contributed by atoms with Crippen molar-refractivity contribution in [2.75, 3.05) is 19.6 Å². The van der Waals surface area contributed by atoms with Gasteiger partial charge in [-0.25, -0.2) is 13.1 Å². The van der Waals surface area contributed by atoms with Gasteiger partial charge >= 0.3 is 6.18 Å². The van der Waals surface area contributed by atoms with Crippen LogP contribution in [0.3, 0.4) is 0 Å². The molecule has 2 aromatic rings. The van der Waals surface area contributed by atoms with Crippen LogP contribution >= 0.6 is 0 Å². The monoisotopic (exact) mass is 687 g/mol. The second-order valence-electron chi connectivity index (χ2n) is 13.5. The van der Waals surface area contributed by atoms with Gasteiger partial charge in [-0.05, 0) is 85.7 Å². The van der Waals surface area contributed by atoms with Gasteiger partial charge in [-0.15, -0.1) is 0 Å². The third kappa shape index (κ3) is 12.0. The molecule has 6 nitrogen and oxygen atoms in total. The van der Waals surface area contributed by atoms with Crippen LogP contribution < -0.4 is 10.0 Å². The number of hydrogen-bond donors (Lipinski definition) is 2. The lowest BCUT2D eigenvalue weighted by atomic mass is 9.86. The number of hydrogen-bond acceptors (Lipinski definition) is 4. The van der Waals surface area contributed by atoms with Crippen molar-refractivity contribution in [3.63, 3.8) is 0 Å². The lowest BCUT2D eigenvalue weighted by Crippen LogP contribution is -2.36. The molecule has 2 aromatic carbocycles. The smallest absolute Gasteiger partial charge is 0.349 e. The number of sulfonamides is 1. The first-order chi connectivity index (χ1) is 22.6. The van der Waals surface area contributed by atoms with Crippen LogP contribution in [0.1, 0.15) is 94.6 Å². The Kier molecular flexibility index (Phi) is 14.7. The van der Waals surface area contributed by atoms with Gasteiger partial charge in [-0.2, -0.15) is 13.2 Å². The van der Waals surface area contributed by atoms with E-state index in [1.165, 1.54) is 18.1 Å². The lowest BCUT2D eigenvalue weighted by molar-refractivity contribution is -0.122. The molecule has 264 valence electrons. The highest BCUT2D eigenvalue weighted by molar-refractivity contribution is 7.93. The second-order valence-corrected chi connectivity index (χ2v) is 15.2. The van der Waals surface area contributed by atoms with Gasteiger partial charge in [0, 0.05) is 19.5 Å². The summed E-state index contributed by atoms with van der Waals surface area (Å²) in [5.74, 6) is 0.891. The first kappa shape index (κ1) is 39.2. The fourth-order valence-corrected chi connectivity index (χ4v) is 7.62. The molecule has 2 atom stereocenters. The number of alkyl halides is 3. The van der Waals surface area contributed by atoms with Gasteiger partial charge in [0.05, 0.1) is 22.6 Å². The molecule has 10 heteroatoms. The third-order valence-corrected chi connectivity index (χ3v) is 9.94. The molecular weight excluding hydrogens is 635 g/mol. The maximum absolute atomic E-state index is 13.5. The average molecular weight is 688 g/mol. The zero-order valence-electron chi connectivity index (χ0n) is 28.9. The second kappa shape index (κ2) is 18.0. The first-order valence-electron chi connectivity index (χ1n) is 16.9. The maximum atomic E-state index is 13.5. The topological polar surface area (TPSA) is 78.5 Å². The highest BCUT2D eigenvalue weighted by atomic mass is 32.2. The number of carbonyl (C=O) groups excluding carboxylic acids is 1. The van der Waals surface area contributed by atoms with Crippen LogP contribution in [0.2, 0.25) is 0 Å². The normalized spacial score (nSPS) is 16.7. The van der Waals surface area contributed by atoms with Crippen LogP contribution in [0.5, 0.6) is 0 Å². The van der Waals surface area contributed by atoms with Crippen molar-refractivity contribution < 1.29 is 26.4 Å². The Morgan fingerprint density at radius 3 is 2.31 bits per heavy atom. The minimum Gasteiger partial charge on any atom is -0.349 e. The van der Waals surface area contributed by atoms with Gasteiger partial charge < -0.3 is 10.2 Å². The lowest BCUT2D eigenvalue weighted by Gasteiger charge is -2.28. The average Bonchev–Trinajstić information content (AvgIpc) is 3.00. The van der Waals surface area contributed by atoms with E-state index >= 15 is 0 Å². The fourth-order valence-electron chi connectivity index (χ4n) is 6.30. The summed E-state index contributed by atoms with van der Waals surface area (Å²) in [6.45, 7) is 16.8. The number of nitrogens with one attached hydrogen (secondary N) is 2. The largest absolute Gasteiger partial charge is 0.416 e. The number of amides is 1. The summed E-state index contributed by atoms with van der Waals surface area (Å²) in [5, 5.41) is 3.11. The molecule has 0 fully saturated rings. The Bertz CT molecular complexity index is 1520. The van der Waals surface area contributed by atoms with Crippen LogP contribution in [0.15, 0.2) is 83.8 Å². The van der Waals surface area contributed by atoms with Crippen molar-refractivity contribution in [1.29, 1.82) is 0 Å². The van der Waals surface area contributed by atoms with Gasteiger partial charge in [-0.3, -0.25) is 4.79 Å². The molecule has 0 bridgehead atoms. The number of halogens is 3. The Balaban J connectivity index is 1.73. The van der Waals surface area contributed by atoms with Crippen LogP contribution in [0.25, 0.3) is 0 Å². The zero-order chi connectivity index (χ0) is 35.5. The highest BCUT2D eigenvalue weighted by Crippen LogP contribution is 2.32. The summed E-state index contributed by atoms with van der Waals surface area (Å²) in [5.41, 5.74) is 2.91. The summed E-state index contributed by atoms with van der Waals surface area (Å²) in [4.78, 5) is 15.5. The number of allylic oxidation sites excluding steroid dienone is 4. The molecular formula is C38H52F3N3O3S. The summed E-state index contributed by atoms with van der Waals surface area (Å²) in [7, 11) is -4.44. The molecule has 0 spiro atoms. The number of carbonyl (C=O) groups is 1. The Hall–Kier alpha value is -3.21. The van der Waals surface area contributed by atoms with Crippen molar-refractivity contribution in [3.8, 4) is 0 Å². The van der Waals surface area contributed by atoms with E-state index in [0.29, 0.717) is 29.6 Å². The SMILES string of the molecule is C=C/C(=C/C(=CC)S(=O)(=O)N[C@H](CC(=O)N[C@@H]1CCCc2cc(CCCN(CC(C)C)CC(C)C)ccc21)c1ccccc1)C(F)(F)F. The molecule has 0 heterocycles. The molecule has 1 aliphatic carbocycles. The van der Waals surface area contributed by atoms with Gasteiger partial charge in [-0.1, -0.05) is 95.0 Å². The third-order valence-electron chi connectivity index (χ3n) is 8.37. The molecule has 2 N–H and O–H groups in total. The standard InChI is InChI=1S/C38H52F3N3O3S/c1-7-32(38(39,40)41)23-33(8-2)48(46,47)43-36(30-15-10-9-11-16-30)24-37(45)42-35-18-12-17-31-22-29(19-20-34(31)35)14-13-21-44(25-27(3)4)26-28(5)6/h7-11,15-16,19-20,22-23,27-28,35-36,43H,1,12-14,17-18,21,24-26H2,2-6H3,(H,42,45)/b32-23-,33-8?/t35-,36-/m1/s1. The van der Waals surface area contributed by atoms with E-state index in [1.807, 2.05) is 0 Å². The summed E-state index contributed by atoms with van der Waals surface area (Å²) < 4.78 is 69.3. The number of nitrogens with zero attached hydrogens (tertiary/aromatic N) is 1. The van der Waals surface area contributed by atoms with Gasteiger partial charge in [0.1, 0.15) is 0 Å². The first-order valence-corrected chi connectivity index (χ1v) is 18.4. The molecule has 0 unspecified atom stereocenters. The molecule has 0 radical (unpaired) electrons. The van der Waals surface area contributed by atoms with Crippen LogP contribution in [0, 0.1) is 11.8 Å². The van der Waals surface area contributed by atoms with Crippen LogP contribution in [0.4, 0.5) is 13.2 Å². The summed E-state index contributed by atoms with van der Waals surface area (Å²) >= 11 is 0. The van der Waals surface area contributed by atoms with Crippen molar-refractivity contribution >= 4 is 15.9 Å². The maximum Gasteiger partial charge on any atom is 0.416 e. The quantitative estimate of drug-likeness (QED) is 0.164. The minimum atomic E-state index is -4.77. The molecule has 1 amide bonds. The molecule has 0 saturated carbocycles. The van der Waals surface area contributed by atoms with Crippen molar-refractivity contribution in [2.24, 2.45) is 11.8 Å². The Labute approximate surface area is 285 Å². The predicted molar refractivity (Wildman–Crippen MR) is 189 cm³/mol. The molecule has 3 rings (SSSR count). The van der Waals surface area contributed by atoms with E-state index < -0.39 is 32.7 Å². The molecule has 1 aliphatic rings. The Morgan fingerprint density at radius 2 is 1.73 bits per heavy atom. The van der Waals surface area contributed by atoms with E-state index in [-0.39, 0.29) is 18.4 Å². The summed E-state index contributed by atoms with van der Waals surface area (Å²) in [6.07, 6.45) is 1.84. The molecule has 0 aliphatic heterocycles. The predicted octanol–water partition coefficient (Wildman–Crippen LogP) is 8.36. The zero-order valence-corrected chi connectivity index (χ0v) is 29.8. The van der Waals surface area contributed by atoms with Crippen LogP contribution in [-0.4, -0.2) is 45.0 Å². The highest BCUT2D eigenvalue weighted by Gasteiger charge is 2.33. The number of fused-ring (bicyclic) bond motifs is 1. The molecule has 0 aromatic heterocycles. The van der Waals surface area contributed by atoms with E-state index in [9.17, 15) is 26.4 Å². The van der Waals surface area contributed by atoms with Crippen LogP contribution in [-0.2, 0) is 27.7 Å². The minimum absolute atomic E-state index is 0.216. The van der Waals surface area contributed by atoms with E-state index in [1.54, 1.807) is 30.3 Å². The van der Waals surface area contributed by atoms with Gasteiger partial charge in [0.25, 0.3) is 0 Å².